The maximum absolute atomic E-state index is 12.8. The second kappa shape index (κ2) is 6.34. The number of nitrogens with one attached hydrogen (secondary N) is 1. The van der Waals surface area contributed by atoms with Crippen LogP contribution in [0.5, 0.6) is 0 Å². The molecule has 0 spiro atoms. The van der Waals surface area contributed by atoms with Crippen LogP contribution in [-0.4, -0.2) is 36.0 Å². The van der Waals surface area contributed by atoms with Crippen molar-refractivity contribution >= 4 is 17.2 Å². The summed E-state index contributed by atoms with van der Waals surface area (Å²) < 4.78 is 0. The van der Waals surface area contributed by atoms with Crippen molar-refractivity contribution in [1.29, 1.82) is 0 Å². The van der Waals surface area contributed by atoms with Crippen molar-refractivity contribution < 1.29 is 4.79 Å². The Kier molecular flexibility index (Phi) is 4.19. The maximum Gasteiger partial charge on any atom is 0.261 e. The zero-order valence-electron chi connectivity index (χ0n) is 14.3. The van der Waals surface area contributed by atoms with Gasteiger partial charge in [0, 0.05) is 17.0 Å². The van der Waals surface area contributed by atoms with Crippen LogP contribution in [0, 0.1) is 12.8 Å². The summed E-state index contributed by atoms with van der Waals surface area (Å²) in [5, 5.41) is 3.34. The summed E-state index contributed by atoms with van der Waals surface area (Å²) in [6.45, 7) is 6.72. The van der Waals surface area contributed by atoms with Gasteiger partial charge in [0.1, 0.15) is 0 Å². The summed E-state index contributed by atoms with van der Waals surface area (Å²) in [6.07, 6.45) is 2.43. The van der Waals surface area contributed by atoms with Crippen LogP contribution in [-0.2, 0) is 0 Å². The van der Waals surface area contributed by atoms with Crippen LogP contribution in [0.25, 0.3) is 10.4 Å². The third-order valence-corrected chi connectivity index (χ3v) is 6.94. The van der Waals surface area contributed by atoms with Crippen molar-refractivity contribution in [2.45, 2.75) is 38.8 Å². The lowest BCUT2D eigenvalue weighted by atomic mass is 9.79. The van der Waals surface area contributed by atoms with Crippen molar-refractivity contribution in [3.63, 3.8) is 0 Å². The number of rotatable bonds is 3. The molecule has 3 aliphatic heterocycles. The highest BCUT2D eigenvalue weighted by Gasteiger charge is 2.40. The molecule has 1 amide bonds. The number of piperidine rings is 3. The van der Waals surface area contributed by atoms with E-state index < -0.39 is 0 Å². The zero-order valence-corrected chi connectivity index (χ0v) is 15.1. The summed E-state index contributed by atoms with van der Waals surface area (Å²) in [5.41, 5.74) is 2.37. The number of fused-ring (bicyclic) bond motifs is 3. The summed E-state index contributed by atoms with van der Waals surface area (Å²) in [5.74, 6) is 0.736. The van der Waals surface area contributed by atoms with E-state index in [0.717, 1.165) is 4.88 Å². The number of hydrogen-bond acceptors (Lipinski definition) is 3. The van der Waals surface area contributed by atoms with E-state index in [9.17, 15) is 4.79 Å². The standard InChI is InChI=1S/C20H24N2OS/c1-13-12-17(24-19(13)16-6-4-3-5-7-16)20(23)21-18-14(2)22-10-8-15(18)9-11-22/h3-7,12,14-15,18H,8-11H2,1-2H3,(H,21,23)/t14-,18-/m0/s1. The molecule has 1 aromatic carbocycles. The van der Waals surface area contributed by atoms with Gasteiger partial charge in [-0.3, -0.25) is 9.69 Å². The molecule has 126 valence electrons. The summed E-state index contributed by atoms with van der Waals surface area (Å²) in [7, 11) is 0. The quantitative estimate of drug-likeness (QED) is 0.918. The lowest BCUT2D eigenvalue weighted by Gasteiger charge is -2.49. The Hall–Kier alpha value is -1.65. The first-order valence-electron chi connectivity index (χ1n) is 8.84. The van der Waals surface area contributed by atoms with Gasteiger partial charge >= 0.3 is 0 Å². The molecule has 3 fully saturated rings. The maximum atomic E-state index is 12.8. The third-order valence-electron chi connectivity index (χ3n) is 5.65. The van der Waals surface area contributed by atoms with Crippen LogP contribution in [0.4, 0.5) is 0 Å². The Morgan fingerprint density at radius 3 is 2.58 bits per heavy atom. The van der Waals surface area contributed by atoms with Gasteiger partial charge in [-0.25, -0.2) is 0 Å². The second-order valence-corrected chi connectivity index (χ2v) is 8.15. The van der Waals surface area contributed by atoms with E-state index in [4.69, 9.17) is 0 Å². The molecule has 3 aliphatic rings. The van der Waals surface area contributed by atoms with Gasteiger partial charge in [-0.15, -0.1) is 11.3 Å². The SMILES string of the molecule is Cc1cc(C(=O)N[C@@H]2C3CCN(CC3)[C@H]2C)sc1-c1ccccc1. The number of carbonyl (C=O) groups excluding carboxylic acids is 1. The van der Waals surface area contributed by atoms with Crippen molar-refractivity contribution in [2.24, 2.45) is 5.92 Å². The highest BCUT2D eigenvalue weighted by molar-refractivity contribution is 7.17. The minimum Gasteiger partial charge on any atom is -0.347 e. The Labute approximate surface area is 147 Å². The molecule has 0 saturated carbocycles. The molecular formula is C20H24N2OS. The monoisotopic (exact) mass is 340 g/mol. The molecule has 2 aromatic rings. The van der Waals surface area contributed by atoms with E-state index in [1.807, 2.05) is 24.3 Å². The highest BCUT2D eigenvalue weighted by Crippen LogP contribution is 2.34. The molecule has 5 rings (SSSR count). The number of benzene rings is 1. The average molecular weight is 340 g/mol. The molecule has 4 heteroatoms. The Morgan fingerprint density at radius 2 is 1.92 bits per heavy atom. The van der Waals surface area contributed by atoms with Gasteiger partial charge < -0.3 is 5.32 Å². The summed E-state index contributed by atoms with van der Waals surface area (Å²) in [4.78, 5) is 17.4. The summed E-state index contributed by atoms with van der Waals surface area (Å²) in [6, 6.07) is 13.1. The van der Waals surface area contributed by atoms with Crippen molar-refractivity contribution in [3.05, 3.63) is 46.8 Å². The van der Waals surface area contributed by atoms with Crippen molar-refractivity contribution in [1.82, 2.24) is 10.2 Å². The Balaban J connectivity index is 1.53. The number of carbonyl (C=O) groups is 1. The fraction of sp³-hybridized carbons (Fsp3) is 0.450. The Bertz CT molecular complexity index is 729. The number of nitrogens with zero attached hydrogens (tertiary/aromatic N) is 1. The molecule has 3 saturated heterocycles. The van der Waals surface area contributed by atoms with Crippen LogP contribution >= 0.6 is 11.3 Å². The van der Waals surface area contributed by atoms with Gasteiger partial charge in [-0.2, -0.15) is 0 Å². The minimum absolute atomic E-state index is 0.0934. The molecule has 4 heterocycles. The Morgan fingerprint density at radius 1 is 1.21 bits per heavy atom. The summed E-state index contributed by atoms with van der Waals surface area (Å²) >= 11 is 1.60. The van der Waals surface area contributed by atoms with Crippen LogP contribution in [0.15, 0.2) is 36.4 Å². The van der Waals surface area contributed by atoms with E-state index in [1.54, 1.807) is 11.3 Å². The van der Waals surface area contributed by atoms with E-state index in [0.29, 0.717) is 18.0 Å². The minimum atomic E-state index is 0.0934. The molecule has 0 aliphatic carbocycles. The average Bonchev–Trinajstić information content (AvgIpc) is 3.01. The van der Waals surface area contributed by atoms with Crippen molar-refractivity contribution in [3.8, 4) is 10.4 Å². The molecule has 0 radical (unpaired) electrons. The molecule has 3 nitrogen and oxygen atoms in total. The number of amides is 1. The van der Waals surface area contributed by atoms with Gasteiger partial charge in [0.05, 0.1) is 4.88 Å². The van der Waals surface area contributed by atoms with Crippen LogP contribution < -0.4 is 5.32 Å². The fourth-order valence-corrected chi connectivity index (χ4v) is 5.32. The van der Waals surface area contributed by atoms with E-state index in [1.165, 1.54) is 41.9 Å². The van der Waals surface area contributed by atoms with E-state index in [2.05, 4.69) is 36.2 Å². The van der Waals surface area contributed by atoms with E-state index >= 15 is 0 Å². The largest absolute Gasteiger partial charge is 0.347 e. The lowest BCUT2D eigenvalue weighted by Crippen LogP contribution is -2.62. The molecule has 2 bridgehead atoms. The predicted molar refractivity (Wildman–Crippen MR) is 99.5 cm³/mol. The number of hydrogen-bond donors (Lipinski definition) is 1. The van der Waals surface area contributed by atoms with Crippen LogP contribution in [0.2, 0.25) is 0 Å². The first kappa shape index (κ1) is 15.9. The van der Waals surface area contributed by atoms with E-state index in [-0.39, 0.29) is 5.91 Å². The molecule has 2 atom stereocenters. The normalized spacial score (nSPS) is 28.8. The second-order valence-electron chi connectivity index (χ2n) is 7.10. The molecular weight excluding hydrogens is 316 g/mol. The molecule has 1 aromatic heterocycles. The first-order valence-corrected chi connectivity index (χ1v) is 9.66. The fourth-order valence-electron chi connectivity index (χ4n) is 4.24. The number of thiophene rings is 1. The highest BCUT2D eigenvalue weighted by atomic mass is 32.1. The first-order chi connectivity index (χ1) is 11.6. The van der Waals surface area contributed by atoms with Gasteiger partial charge in [0.2, 0.25) is 0 Å². The van der Waals surface area contributed by atoms with Gasteiger partial charge in [0.25, 0.3) is 5.91 Å². The molecule has 1 N–H and O–H groups in total. The van der Waals surface area contributed by atoms with Crippen molar-refractivity contribution in [2.75, 3.05) is 13.1 Å². The smallest absolute Gasteiger partial charge is 0.261 e. The topological polar surface area (TPSA) is 32.3 Å². The molecule has 24 heavy (non-hydrogen) atoms. The lowest BCUT2D eigenvalue weighted by molar-refractivity contribution is 0.0218. The number of aryl methyl sites for hydroxylation is 1. The van der Waals surface area contributed by atoms with Crippen LogP contribution in [0.3, 0.4) is 0 Å². The van der Waals surface area contributed by atoms with Crippen LogP contribution in [0.1, 0.15) is 35.0 Å². The molecule has 0 unspecified atom stereocenters. The van der Waals surface area contributed by atoms with Gasteiger partial charge in [-0.05, 0) is 62.9 Å². The van der Waals surface area contributed by atoms with Gasteiger partial charge in [0.15, 0.2) is 0 Å². The zero-order chi connectivity index (χ0) is 16.7. The van der Waals surface area contributed by atoms with Gasteiger partial charge in [-0.1, -0.05) is 30.3 Å². The third kappa shape index (κ3) is 2.78. The predicted octanol–water partition coefficient (Wildman–Crippen LogP) is 3.94.